The summed E-state index contributed by atoms with van der Waals surface area (Å²) in [5.74, 6) is 0.0558. The van der Waals surface area contributed by atoms with E-state index >= 15 is 0 Å². The van der Waals surface area contributed by atoms with Gasteiger partial charge in [0.05, 0.1) is 12.2 Å². The number of carbonyl (C=O) groups is 1. The summed E-state index contributed by atoms with van der Waals surface area (Å²) < 4.78 is 0. The molecule has 0 atom stereocenters. The summed E-state index contributed by atoms with van der Waals surface area (Å²) in [6.45, 7) is 9.94. The van der Waals surface area contributed by atoms with E-state index in [0.717, 1.165) is 12.2 Å². The van der Waals surface area contributed by atoms with Crippen molar-refractivity contribution in [3.05, 3.63) is 30.1 Å². The van der Waals surface area contributed by atoms with Crippen molar-refractivity contribution in [2.24, 2.45) is 0 Å². The number of pyridine rings is 1. The molecule has 0 aromatic carbocycles. The molecule has 100 valence electrons. The summed E-state index contributed by atoms with van der Waals surface area (Å²) in [7, 11) is 0. The van der Waals surface area contributed by atoms with Gasteiger partial charge < -0.3 is 5.32 Å². The fourth-order valence-electron chi connectivity index (χ4n) is 1.66. The van der Waals surface area contributed by atoms with Crippen molar-refractivity contribution in [1.29, 1.82) is 0 Å². The first kappa shape index (κ1) is 14.6. The largest absolute Gasteiger partial charge is 0.350 e. The first-order valence-corrected chi connectivity index (χ1v) is 6.34. The summed E-state index contributed by atoms with van der Waals surface area (Å²) in [6, 6.07) is 5.84. The van der Waals surface area contributed by atoms with E-state index in [1.165, 1.54) is 0 Å². The zero-order chi connectivity index (χ0) is 13.6. The molecule has 0 aliphatic carbocycles. The lowest BCUT2D eigenvalue weighted by Gasteiger charge is -2.24. The fourth-order valence-corrected chi connectivity index (χ4v) is 1.66. The highest BCUT2D eigenvalue weighted by Gasteiger charge is 2.16. The Morgan fingerprint density at radius 1 is 1.39 bits per heavy atom. The van der Waals surface area contributed by atoms with Crippen LogP contribution in [0.15, 0.2) is 24.4 Å². The summed E-state index contributed by atoms with van der Waals surface area (Å²) in [4.78, 5) is 18.2. The van der Waals surface area contributed by atoms with Gasteiger partial charge in [0.15, 0.2) is 0 Å². The monoisotopic (exact) mass is 249 g/mol. The molecule has 1 heterocycles. The Morgan fingerprint density at radius 2 is 2.11 bits per heavy atom. The van der Waals surface area contributed by atoms with E-state index in [2.05, 4.69) is 15.2 Å². The molecule has 0 saturated heterocycles. The van der Waals surface area contributed by atoms with Crippen LogP contribution < -0.4 is 5.32 Å². The van der Waals surface area contributed by atoms with Crippen molar-refractivity contribution in [2.45, 2.75) is 39.8 Å². The van der Waals surface area contributed by atoms with Gasteiger partial charge in [0.25, 0.3) is 0 Å². The average Bonchev–Trinajstić information content (AvgIpc) is 2.27. The number of rotatable bonds is 5. The molecule has 4 nitrogen and oxygen atoms in total. The SMILES string of the molecule is CCN(CC(=O)NC(C)(C)C)Cc1ccccn1. The van der Waals surface area contributed by atoms with E-state index in [-0.39, 0.29) is 11.4 Å². The minimum atomic E-state index is -0.179. The summed E-state index contributed by atoms with van der Waals surface area (Å²) in [6.07, 6.45) is 1.78. The smallest absolute Gasteiger partial charge is 0.234 e. The molecule has 0 unspecified atom stereocenters. The molecule has 1 aromatic heterocycles. The van der Waals surface area contributed by atoms with Crippen LogP contribution >= 0.6 is 0 Å². The number of hydrogen-bond donors (Lipinski definition) is 1. The molecule has 1 amide bonds. The normalized spacial score (nSPS) is 11.6. The van der Waals surface area contributed by atoms with E-state index in [0.29, 0.717) is 13.1 Å². The molecular formula is C14H23N3O. The predicted octanol–water partition coefficient (Wildman–Crippen LogP) is 1.82. The molecule has 0 aliphatic rings. The lowest BCUT2D eigenvalue weighted by molar-refractivity contribution is -0.123. The molecule has 0 spiro atoms. The zero-order valence-electron chi connectivity index (χ0n) is 11.7. The standard InChI is InChI=1S/C14H23N3O/c1-5-17(10-12-8-6-7-9-15-12)11-13(18)16-14(2,3)4/h6-9H,5,10-11H2,1-4H3,(H,16,18). The third-order valence-corrected chi connectivity index (χ3v) is 2.44. The maximum Gasteiger partial charge on any atom is 0.234 e. The Kier molecular flexibility index (Phi) is 5.28. The second-order valence-electron chi connectivity index (χ2n) is 5.42. The second kappa shape index (κ2) is 6.50. The molecule has 0 fully saturated rings. The highest BCUT2D eigenvalue weighted by molar-refractivity contribution is 5.78. The molecule has 18 heavy (non-hydrogen) atoms. The predicted molar refractivity (Wildman–Crippen MR) is 73.1 cm³/mol. The first-order chi connectivity index (χ1) is 8.40. The Hall–Kier alpha value is -1.42. The second-order valence-corrected chi connectivity index (χ2v) is 5.42. The highest BCUT2D eigenvalue weighted by Crippen LogP contribution is 2.02. The van der Waals surface area contributed by atoms with Gasteiger partial charge in [0.2, 0.25) is 5.91 Å². The van der Waals surface area contributed by atoms with Crippen molar-refractivity contribution in [1.82, 2.24) is 15.2 Å². The summed E-state index contributed by atoms with van der Waals surface area (Å²) in [5, 5.41) is 2.97. The van der Waals surface area contributed by atoms with Gasteiger partial charge in [-0.15, -0.1) is 0 Å². The Labute approximate surface area is 109 Å². The van der Waals surface area contributed by atoms with Gasteiger partial charge >= 0.3 is 0 Å². The summed E-state index contributed by atoms with van der Waals surface area (Å²) >= 11 is 0. The van der Waals surface area contributed by atoms with Crippen molar-refractivity contribution >= 4 is 5.91 Å². The topological polar surface area (TPSA) is 45.2 Å². The first-order valence-electron chi connectivity index (χ1n) is 6.34. The molecule has 0 radical (unpaired) electrons. The molecule has 0 aliphatic heterocycles. The van der Waals surface area contributed by atoms with E-state index in [1.54, 1.807) is 6.20 Å². The maximum absolute atomic E-state index is 11.8. The fraction of sp³-hybridized carbons (Fsp3) is 0.571. The van der Waals surface area contributed by atoms with Crippen LogP contribution in [0.4, 0.5) is 0 Å². The molecule has 1 aromatic rings. The van der Waals surface area contributed by atoms with Crippen LogP contribution in [0.2, 0.25) is 0 Å². The molecule has 1 rings (SSSR count). The maximum atomic E-state index is 11.8. The minimum absolute atomic E-state index is 0.0558. The van der Waals surface area contributed by atoms with Gasteiger partial charge in [-0.3, -0.25) is 14.7 Å². The zero-order valence-corrected chi connectivity index (χ0v) is 11.7. The van der Waals surface area contributed by atoms with Crippen molar-refractivity contribution in [2.75, 3.05) is 13.1 Å². The van der Waals surface area contributed by atoms with Gasteiger partial charge in [-0.05, 0) is 39.4 Å². The van der Waals surface area contributed by atoms with Crippen LogP contribution in [0.1, 0.15) is 33.4 Å². The van der Waals surface area contributed by atoms with E-state index in [4.69, 9.17) is 0 Å². The quantitative estimate of drug-likeness (QED) is 0.865. The Balaban J connectivity index is 2.50. The van der Waals surface area contributed by atoms with E-state index in [1.807, 2.05) is 45.9 Å². The van der Waals surface area contributed by atoms with E-state index in [9.17, 15) is 4.79 Å². The van der Waals surface area contributed by atoms with Crippen LogP contribution in [0, 0.1) is 0 Å². The van der Waals surface area contributed by atoms with Crippen LogP contribution in [0.3, 0.4) is 0 Å². The number of hydrogen-bond acceptors (Lipinski definition) is 3. The summed E-state index contributed by atoms with van der Waals surface area (Å²) in [5.41, 5.74) is 0.810. The Morgan fingerprint density at radius 3 is 2.61 bits per heavy atom. The van der Waals surface area contributed by atoms with Crippen LogP contribution in [0.5, 0.6) is 0 Å². The van der Waals surface area contributed by atoms with Gasteiger partial charge in [-0.2, -0.15) is 0 Å². The molecule has 0 saturated carbocycles. The number of nitrogens with zero attached hydrogens (tertiary/aromatic N) is 2. The Bertz CT molecular complexity index is 370. The number of aromatic nitrogens is 1. The number of nitrogens with one attached hydrogen (secondary N) is 1. The minimum Gasteiger partial charge on any atom is -0.350 e. The highest BCUT2D eigenvalue weighted by atomic mass is 16.2. The number of amides is 1. The third kappa shape index (κ3) is 5.77. The molecule has 0 bridgehead atoms. The number of likely N-dealkylation sites (N-methyl/N-ethyl adjacent to an activating group) is 1. The van der Waals surface area contributed by atoms with Crippen molar-refractivity contribution in [3.8, 4) is 0 Å². The third-order valence-electron chi connectivity index (χ3n) is 2.44. The van der Waals surface area contributed by atoms with Gasteiger partial charge in [-0.25, -0.2) is 0 Å². The van der Waals surface area contributed by atoms with Crippen molar-refractivity contribution in [3.63, 3.8) is 0 Å². The van der Waals surface area contributed by atoms with Crippen LogP contribution in [0.25, 0.3) is 0 Å². The van der Waals surface area contributed by atoms with Crippen LogP contribution in [-0.4, -0.2) is 34.4 Å². The van der Waals surface area contributed by atoms with Crippen LogP contribution in [-0.2, 0) is 11.3 Å². The number of carbonyl (C=O) groups excluding carboxylic acids is 1. The average molecular weight is 249 g/mol. The molecule has 4 heteroatoms. The lowest BCUT2D eigenvalue weighted by Crippen LogP contribution is -2.45. The van der Waals surface area contributed by atoms with Gasteiger partial charge in [0, 0.05) is 18.3 Å². The lowest BCUT2D eigenvalue weighted by atomic mass is 10.1. The van der Waals surface area contributed by atoms with Gasteiger partial charge in [0.1, 0.15) is 0 Å². The molecule has 1 N–H and O–H groups in total. The van der Waals surface area contributed by atoms with Crippen molar-refractivity contribution < 1.29 is 4.79 Å². The van der Waals surface area contributed by atoms with E-state index < -0.39 is 0 Å². The van der Waals surface area contributed by atoms with Gasteiger partial charge in [-0.1, -0.05) is 13.0 Å². The molecular weight excluding hydrogens is 226 g/mol.